The maximum absolute atomic E-state index is 12.9. The van der Waals surface area contributed by atoms with Gasteiger partial charge in [0.2, 0.25) is 0 Å². The highest BCUT2D eigenvalue weighted by molar-refractivity contribution is 5.94. The van der Waals surface area contributed by atoms with E-state index in [9.17, 15) is 4.79 Å². The summed E-state index contributed by atoms with van der Waals surface area (Å²) in [7, 11) is 0. The van der Waals surface area contributed by atoms with E-state index in [0.29, 0.717) is 6.04 Å². The summed E-state index contributed by atoms with van der Waals surface area (Å²) in [5, 5.41) is 0. The van der Waals surface area contributed by atoms with Gasteiger partial charge in [-0.15, -0.1) is 0 Å². The Hall–Kier alpha value is -1.35. The van der Waals surface area contributed by atoms with Crippen LogP contribution < -0.4 is 0 Å². The first-order valence-electron chi connectivity index (χ1n) is 8.84. The summed E-state index contributed by atoms with van der Waals surface area (Å²) < 4.78 is 0. The summed E-state index contributed by atoms with van der Waals surface area (Å²) in [4.78, 5) is 17.6. The van der Waals surface area contributed by atoms with E-state index in [2.05, 4.69) is 22.8 Å². The lowest BCUT2D eigenvalue weighted by atomic mass is 9.97. The van der Waals surface area contributed by atoms with Gasteiger partial charge in [0, 0.05) is 24.7 Å². The van der Waals surface area contributed by atoms with Crippen LogP contribution >= 0.6 is 0 Å². The van der Waals surface area contributed by atoms with Crippen molar-refractivity contribution in [2.24, 2.45) is 0 Å². The first-order valence-corrected chi connectivity index (χ1v) is 8.84. The fraction of sp³-hybridized carbons (Fsp3) is 0.632. The number of carbonyl (C=O) groups is 1. The minimum Gasteiger partial charge on any atom is -0.336 e. The molecule has 0 aromatic heterocycles. The molecule has 1 aromatic carbocycles. The second-order valence-electron chi connectivity index (χ2n) is 6.86. The molecule has 0 radical (unpaired) electrons. The second-order valence-corrected chi connectivity index (χ2v) is 6.86. The summed E-state index contributed by atoms with van der Waals surface area (Å²) in [6.45, 7) is 6.63. The van der Waals surface area contributed by atoms with Crippen molar-refractivity contribution >= 4 is 5.91 Å². The molecule has 120 valence electrons. The van der Waals surface area contributed by atoms with Crippen LogP contribution in [0.4, 0.5) is 0 Å². The van der Waals surface area contributed by atoms with Crippen LogP contribution in [0, 0.1) is 6.92 Å². The van der Waals surface area contributed by atoms with Crippen LogP contribution in [-0.4, -0.2) is 47.9 Å². The molecular weight excluding hydrogens is 272 g/mol. The second kappa shape index (κ2) is 7.28. The van der Waals surface area contributed by atoms with Crippen molar-refractivity contribution in [3.05, 3.63) is 35.4 Å². The van der Waals surface area contributed by atoms with Crippen LogP contribution in [0.15, 0.2) is 24.3 Å². The van der Waals surface area contributed by atoms with Crippen molar-refractivity contribution in [3.8, 4) is 0 Å². The molecule has 0 saturated carbocycles. The third-order valence-corrected chi connectivity index (χ3v) is 5.13. The van der Waals surface area contributed by atoms with Crippen LogP contribution in [0.3, 0.4) is 0 Å². The van der Waals surface area contributed by atoms with Gasteiger partial charge in [0.05, 0.1) is 0 Å². The van der Waals surface area contributed by atoms with E-state index in [1.807, 2.05) is 18.2 Å². The Morgan fingerprint density at radius 3 is 2.68 bits per heavy atom. The van der Waals surface area contributed by atoms with Crippen molar-refractivity contribution < 1.29 is 4.79 Å². The highest BCUT2D eigenvalue weighted by Gasteiger charge is 2.28. The Morgan fingerprint density at radius 2 is 1.91 bits per heavy atom. The highest BCUT2D eigenvalue weighted by atomic mass is 16.2. The minimum atomic E-state index is 0.231. The van der Waals surface area contributed by atoms with Crippen molar-refractivity contribution in [1.82, 2.24) is 9.80 Å². The summed E-state index contributed by atoms with van der Waals surface area (Å²) >= 11 is 0. The minimum absolute atomic E-state index is 0.231. The Kier molecular flexibility index (Phi) is 5.14. The molecule has 0 bridgehead atoms. The normalized spacial score (nSPS) is 23.0. The van der Waals surface area contributed by atoms with Crippen molar-refractivity contribution in [1.29, 1.82) is 0 Å². The summed E-state index contributed by atoms with van der Waals surface area (Å²) in [5.41, 5.74) is 2.02. The lowest BCUT2D eigenvalue weighted by Crippen LogP contribution is -2.45. The number of benzene rings is 1. The maximum Gasteiger partial charge on any atom is 0.254 e. The van der Waals surface area contributed by atoms with Gasteiger partial charge in [-0.2, -0.15) is 0 Å². The number of likely N-dealkylation sites (tertiary alicyclic amines) is 2. The zero-order valence-corrected chi connectivity index (χ0v) is 13.8. The molecule has 0 N–H and O–H groups in total. The molecule has 2 fully saturated rings. The van der Waals surface area contributed by atoms with E-state index in [1.165, 1.54) is 38.8 Å². The van der Waals surface area contributed by atoms with Gasteiger partial charge in [-0.05, 0) is 70.7 Å². The Balaban J connectivity index is 1.64. The molecule has 1 amide bonds. The predicted octanol–water partition coefficient (Wildman–Crippen LogP) is 3.48. The first kappa shape index (κ1) is 15.5. The van der Waals surface area contributed by atoms with Crippen LogP contribution in [0.1, 0.15) is 54.4 Å². The molecule has 0 aliphatic carbocycles. The van der Waals surface area contributed by atoms with Gasteiger partial charge in [0.15, 0.2) is 0 Å². The smallest absolute Gasteiger partial charge is 0.254 e. The van der Waals surface area contributed by atoms with E-state index in [1.54, 1.807) is 0 Å². The number of hydrogen-bond acceptors (Lipinski definition) is 2. The van der Waals surface area contributed by atoms with E-state index in [-0.39, 0.29) is 5.91 Å². The van der Waals surface area contributed by atoms with Crippen LogP contribution in [0.2, 0.25) is 0 Å². The number of piperidine rings is 1. The van der Waals surface area contributed by atoms with Crippen molar-refractivity contribution in [3.63, 3.8) is 0 Å². The van der Waals surface area contributed by atoms with Crippen molar-refractivity contribution in [2.75, 3.05) is 26.2 Å². The van der Waals surface area contributed by atoms with Gasteiger partial charge in [-0.3, -0.25) is 4.79 Å². The quantitative estimate of drug-likeness (QED) is 0.850. The van der Waals surface area contributed by atoms with E-state index < -0.39 is 0 Å². The van der Waals surface area contributed by atoms with Gasteiger partial charge in [0.1, 0.15) is 0 Å². The molecule has 2 heterocycles. The molecule has 1 aromatic rings. The monoisotopic (exact) mass is 300 g/mol. The van der Waals surface area contributed by atoms with E-state index in [4.69, 9.17) is 0 Å². The summed E-state index contributed by atoms with van der Waals surface area (Å²) in [6, 6.07) is 8.46. The number of carbonyl (C=O) groups excluding carboxylic acids is 1. The molecule has 3 rings (SSSR count). The molecule has 3 nitrogen and oxygen atoms in total. The van der Waals surface area contributed by atoms with Gasteiger partial charge < -0.3 is 9.80 Å². The standard InChI is InChI=1S/C19H28N2O/c1-16-7-6-8-17(15-16)19(22)21-13-3-2-9-18(21)10-14-20-11-4-5-12-20/h6-8,15,18H,2-5,9-14H2,1H3/t18-/m1/s1. The number of aryl methyl sites for hydroxylation is 1. The summed E-state index contributed by atoms with van der Waals surface area (Å²) in [6.07, 6.45) is 7.41. The molecule has 2 aliphatic heterocycles. The molecular formula is C19H28N2O. The van der Waals surface area contributed by atoms with Gasteiger partial charge >= 0.3 is 0 Å². The maximum atomic E-state index is 12.9. The molecule has 2 saturated heterocycles. The van der Waals surface area contributed by atoms with Crippen LogP contribution in [-0.2, 0) is 0 Å². The average Bonchev–Trinajstić information content (AvgIpc) is 3.06. The fourth-order valence-electron chi connectivity index (χ4n) is 3.85. The highest BCUT2D eigenvalue weighted by Crippen LogP contribution is 2.23. The molecule has 1 atom stereocenters. The van der Waals surface area contributed by atoms with E-state index in [0.717, 1.165) is 37.1 Å². The summed E-state index contributed by atoms with van der Waals surface area (Å²) in [5.74, 6) is 0.231. The molecule has 2 aliphatic rings. The molecule has 3 heteroatoms. The Labute approximate surface area is 134 Å². The Morgan fingerprint density at radius 1 is 1.14 bits per heavy atom. The van der Waals surface area contributed by atoms with E-state index >= 15 is 0 Å². The first-order chi connectivity index (χ1) is 10.7. The largest absolute Gasteiger partial charge is 0.336 e. The topological polar surface area (TPSA) is 23.6 Å². The van der Waals surface area contributed by atoms with Gasteiger partial charge in [0.25, 0.3) is 5.91 Å². The zero-order chi connectivity index (χ0) is 15.4. The number of hydrogen-bond donors (Lipinski definition) is 0. The molecule has 22 heavy (non-hydrogen) atoms. The lowest BCUT2D eigenvalue weighted by molar-refractivity contribution is 0.0588. The zero-order valence-electron chi connectivity index (χ0n) is 13.8. The third kappa shape index (κ3) is 3.70. The number of amides is 1. The third-order valence-electron chi connectivity index (χ3n) is 5.13. The van der Waals surface area contributed by atoms with Gasteiger partial charge in [-0.25, -0.2) is 0 Å². The van der Waals surface area contributed by atoms with Crippen molar-refractivity contribution in [2.45, 2.75) is 51.5 Å². The number of rotatable bonds is 4. The average molecular weight is 300 g/mol. The van der Waals surface area contributed by atoms with Crippen LogP contribution in [0.25, 0.3) is 0 Å². The Bertz CT molecular complexity index is 508. The van der Waals surface area contributed by atoms with Gasteiger partial charge in [-0.1, -0.05) is 17.7 Å². The molecule has 0 unspecified atom stereocenters. The SMILES string of the molecule is Cc1cccc(C(=O)N2CCCC[C@@H]2CCN2CCCC2)c1. The molecule has 0 spiro atoms. The predicted molar refractivity (Wildman–Crippen MR) is 90.1 cm³/mol. The number of nitrogens with zero attached hydrogens (tertiary/aromatic N) is 2. The lowest BCUT2D eigenvalue weighted by Gasteiger charge is -2.36. The fourth-order valence-corrected chi connectivity index (χ4v) is 3.85. The van der Waals surface area contributed by atoms with Crippen LogP contribution in [0.5, 0.6) is 0 Å².